The fourth-order valence-electron chi connectivity index (χ4n) is 2.02. The lowest BCUT2D eigenvalue weighted by atomic mass is 10.2. The third-order valence-corrected chi connectivity index (χ3v) is 4.27. The Labute approximate surface area is 155 Å². The first-order valence-electron chi connectivity index (χ1n) is 7.48. The summed E-state index contributed by atoms with van der Waals surface area (Å²) in [7, 11) is 1.58. The molecule has 0 aliphatic rings. The molecule has 1 amide bonds. The van der Waals surface area contributed by atoms with Crippen LogP contribution in [0.5, 0.6) is 5.75 Å². The average Bonchev–Trinajstić information content (AvgIpc) is 2.62. The highest BCUT2D eigenvalue weighted by Gasteiger charge is 2.21. The summed E-state index contributed by atoms with van der Waals surface area (Å²) in [5.41, 5.74) is 1.01. The molecule has 0 unspecified atom stereocenters. The van der Waals surface area contributed by atoms with Gasteiger partial charge in [0.2, 0.25) is 0 Å². The van der Waals surface area contributed by atoms with Crippen LogP contribution >= 0.6 is 23.2 Å². The van der Waals surface area contributed by atoms with Crippen LogP contribution < -0.4 is 10.1 Å². The molecule has 0 heterocycles. The standard InChI is InChI=1S/C18H17Cl2NO4/c1-11(25-18(23)14-4-3-5-15(19)16(14)20)17(22)21-10-12-6-8-13(24-2)9-7-12/h3-9,11H,10H2,1-2H3,(H,21,22)/t11-/m0/s1. The fraction of sp³-hybridized carbons (Fsp3) is 0.222. The van der Waals surface area contributed by atoms with E-state index in [2.05, 4.69) is 5.32 Å². The third kappa shape index (κ3) is 5.11. The number of ether oxygens (including phenoxy) is 2. The van der Waals surface area contributed by atoms with Crippen molar-refractivity contribution in [1.82, 2.24) is 5.32 Å². The van der Waals surface area contributed by atoms with E-state index in [1.807, 2.05) is 12.1 Å². The molecule has 5 nitrogen and oxygen atoms in total. The molecule has 25 heavy (non-hydrogen) atoms. The van der Waals surface area contributed by atoms with Crippen molar-refractivity contribution in [2.24, 2.45) is 0 Å². The Morgan fingerprint density at radius 3 is 2.44 bits per heavy atom. The number of rotatable bonds is 6. The normalized spacial score (nSPS) is 11.5. The van der Waals surface area contributed by atoms with Crippen molar-refractivity contribution in [3.63, 3.8) is 0 Å². The van der Waals surface area contributed by atoms with Crippen LogP contribution in [-0.4, -0.2) is 25.1 Å². The van der Waals surface area contributed by atoms with Gasteiger partial charge in [0, 0.05) is 6.54 Å². The van der Waals surface area contributed by atoms with E-state index in [4.69, 9.17) is 32.7 Å². The first-order valence-corrected chi connectivity index (χ1v) is 8.23. The Bertz CT molecular complexity index is 762. The monoisotopic (exact) mass is 381 g/mol. The van der Waals surface area contributed by atoms with Gasteiger partial charge in [-0.3, -0.25) is 4.79 Å². The van der Waals surface area contributed by atoms with Crippen molar-refractivity contribution >= 4 is 35.1 Å². The molecule has 0 aliphatic carbocycles. The number of nitrogens with one attached hydrogen (secondary N) is 1. The number of amides is 1. The van der Waals surface area contributed by atoms with Crippen molar-refractivity contribution in [3.8, 4) is 5.75 Å². The molecule has 0 saturated heterocycles. The molecule has 0 saturated carbocycles. The summed E-state index contributed by atoms with van der Waals surface area (Å²) >= 11 is 11.8. The van der Waals surface area contributed by atoms with Gasteiger partial charge in [-0.25, -0.2) is 4.79 Å². The SMILES string of the molecule is COc1ccc(CNC(=O)[C@H](C)OC(=O)c2cccc(Cl)c2Cl)cc1. The lowest BCUT2D eigenvalue weighted by molar-refractivity contribution is -0.129. The van der Waals surface area contributed by atoms with E-state index in [1.54, 1.807) is 31.4 Å². The van der Waals surface area contributed by atoms with E-state index in [0.29, 0.717) is 6.54 Å². The van der Waals surface area contributed by atoms with E-state index < -0.39 is 18.0 Å². The van der Waals surface area contributed by atoms with Crippen LogP contribution in [0.3, 0.4) is 0 Å². The summed E-state index contributed by atoms with van der Waals surface area (Å²) in [4.78, 5) is 24.2. The maximum Gasteiger partial charge on any atom is 0.340 e. The predicted octanol–water partition coefficient (Wildman–Crippen LogP) is 3.86. The summed E-state index contributed by atoms with van der Waals surface area (Å²) in [5.74, 6) is -0.391. The van der Waals surface area contributed by atoms with Crippen LogP contribution in [0, 0.1) is 0 Å². The van der Waals surface area contributed by atoms with Gasteiger partial charge in [-0.05, 0) is 36.8 Å². The number of hydrogen-bond acceptors (Lipinski definition) is 4. The van der Waals surface area contributed by atoms with E-state index in [-0.39, 0.29) is 15.6 Å². The molecule has 1 atom stereocenters. The largest absolute Gasteiger partial charge is 0.497 e. The van der Waals surface area contributed by atoms with Crippen molar-refractivity contribution < 1.29 is 19.1 Å². The maximum atomic E-state index is 12.1. The van der Waals surface area contributed by atoms with E-state index in [1.165, 1.54) is 13.0 Å². The molecule has 1 N–H and O–H groups in total. The molecular weight excluding hydrogens is 365 g/mol. The van der Waals surface area contributed by atoms with Crippen molar-refractivity contribution in [1.29, 1.82) is 0 Å². The quantitative estimate of drug-likeness (QED) is 0.771. The second-order valence-electron chi connectivity index (χ2n) is 5.21. The van der Waals surface area contributed by atoms with Crippen LogP contribution in [0.4, 0.5) is 0 Å². The topological polar surface area (TPSA) is 64.6 Å². The number of esters is 1. The molecule has 0 aromatic heterocycles. The maximum absolute atomic E-state index is 12.1. The van der Waals surface area contributed by atoms with E-state index >= 15 is 0 Å². The molecule has 0 fully saturated rings. The number of halogens is 2. The number of benzene rings is 2. The van der Waals surface area contributed by atoms with Crippen LogP contribution in [0.1, 0.15) is 22.8 Å². The van der Waals surface area contributed by atoms with Gasteiger partial charge in [-0.15, -0.1) is 0 Å². The summed E-state index contributed by atoms with van der Waals surface area (Å²) in [6.07, 6.45) is -0.971. The number of hydrogen-bond donors (Lipinski definition) is 1. The highest BCUT2D eigenvalue weighted by Crippen LogP contribution is 2.26. The van der Waals surface area contributed by atoms with Gasteiger partial charge in [-0.1, -0.05) is 41.4 Å². The number of carbonyl (C=O) groups is 2. The molecule has 0 bridgehead atoms. The Hall–Kier alpha value is -2.24. The first-order chi connectivity index (χ1) is 11.9. The number of methoxy groups -OCH3 is 1. The lowest BCUT2D eigenvalue weighted by Gasteiger charge is -2.14. The number of carbonyl (C=O) groups excluding carboxylic acids is 2. The summed E-state index contributed by atoms with van der Waals surface area (Å²) in [6.45, 7) is 1.79. The molecular formula is C18H17Cl2NO4. The Kier molecular flexibility index (Phi) is 6.67. The van der Waals surface area contributed by atoms with Crippen LogP contribution in [-0.2, 0) is 16.1 Å². The fourth-order valence-corrected chi connectivity index (χ4v) is 2.39. The van der Waals surface area contributed by atoms with Crippen LogP contribution in [0.15, 0.2) is 42.5 Å². The van der Waals surface area contributed by atoms with Crippen molar-refractivity contribution in [2.75, 3.05) is 7.11 Å². The zero-order valence-electron chi connectivity index (χ0n) is 13.7. The molecule has 0 spiro atoms. The Morgan fingerprint density at radius 2 is 1.80 bits per heavy atom. The molecule has 0 aliphatic heterocycles. The molecule has 0 radical (unpaired) electrons. The minimum Gasteiger partial charge on any atom is -0.497 e. The first kappa shape index (κ1) is 19.1. The van der Waals surface area contributed by atoms with Crippen molar-refractivity contribution in [2.45, 2.75) is 19.6 Å². The minimum atomic E-state index is -0.971. The molecule has 2 aromatic carbocycles. The zero-order valence-corrected chi connectivity index (χ0v) is 15.2. The van der Waals surface area contributed by atoms with Crippen LogP contribution in [0.25, 0.3) is 0 Å². The Balaban J connectivity index is 1.91. The Morgan fingerprint density at radius 1 is 1.12 bits per heavy atom. The zero-order chi connectivity index (χ0) is 18.4. The molecule has 2 rings (SSSR count). The molecule has 2 aromatic rings. The van der Waals surface area contributed by atoms with Gasteiger partial charge >= 0.3 is 5.97 Å². The lowest BCUT2D eigenvalue weighted by Crippen LogP contribution is -2.35. The van der Waals surface area contributed by atoms with E-state index in [0.717, 1.165) is 11.3 Å². The average molecular weight is 382 g/mol. The minimum absolute atomic E-state index is 0.0972. The third-order valence-electron chi connectivity index (χ3n) is 3.45. The second kappa shape index (κ2) is 8.74. The van der Waals surface area contributed by atoms with Gasteiger partial charge in [0.15, 0.2) is 6.10 Å². The van der Waals surface area contributed by atoms with Gasteiger partial charge in [-0.2, -0.15) is 0 Å². The van der Waals surface area contributed by atoms with Gasteiger partial charge in [0.05, 0.1) is 22.7 Å². The second-order valence-corrected chi connectivity index (χ2v) is 6.00. The summed E-state index contributed by atoms with van der Waals surface area (Å²) in [6, 6.07) is 11.9. The molecule has 7 heteroatoms. The predicted molar refractivity (Wildman–Crippen MR) is 96.2 cm³/mol. The summed E-state index contributed by atoms with van der Waals surface area (Å²) in [5, 5.41) is 3.04. The molecule has 132 valence electrons. The van der Waals surface area contributed by atoms with Gasteiger partial charge < -0.3 is 14.8 Å². The highest BCUT2D eigenvalue weighted by atomic mass is 35.5. The summed E-state index contributed by atoms with van der Waals surface area (Å²) < 4.78 is 10.2. The van der Waals surface area contributed by atoms with Crippen LogP contribution in [0.2, 0.25) is 10.0 Å². The smallest absolute Gasteiger partial charge is 0.340 e. The van der Waals surface area contributed by atoms with Gasteiger partial charge in [0.1, 0.15) is 5.75 Å². The highest BCUT2D eigenvalue weighted by molar-refractivity contribution is 6.43. The van der Waals surface area contributed by atoms with Crippen molar-refractivity contribution in [3.05, 3.63) is 63.6 Å². The van der Waals surface area contributed by atoms with E-state index in [9.17, 15) is 9.59 Å². The van der Waals surface area contributed by atoms with Gasteiger partial charge in [0.25, 0.3) is 5.91 Å².